The van der Waals surface area contributed by atoms with Crippen LogP contribution in [0.3, 0.4) is 0 Å². The van der Waals surface area contributed by atoms with E-state index in [0.29, 0.717) is 5.69 Å². The molecule has 0 saturated heterocycles. The summed E-state index contributed by atoms with van der Waals surface area (Å²) in [5.74, 6) is -2.21. The average Bonchev–Trinajstić information content (AvgIpc) is 2.20. The second kappa shape index (κ2) is 4.44. The van der Waals surface area contributed by atoms with Gasteiger partial charge in [-0.15, -0.1) is 0 Å². The van der Waals surface area contributed by atoms with Gasteiger partial charge in [-0.2, -0.15) is 0 Å². The molecule has 0 aromatic carbocycles. The van der Waals surface area contributed by atoms with Crippen molar-refractivity contribution in [3.05, 3.63) is 23.2 Å². The van der Waals surface area contributed by atoms with Crippen molar-refractivity contribution in [3.63, 3.8) is 0 Å². The SMILES string of the molecule is CC(Cc1cnc(Cl)cn1)(C(N)=O)C(=O)O. The molecule has 0 aliphatic carbocycles. The maximum absolute atomic E-state index is 11.1. The van der Waals surface area contributed by atoms with Gasteiger partial charge in [0.05, 0.1) is 18.1 Å². The highest BCUT2D eigenvalue weighted by atomic mass is 35.5. The van der Waals surface area contributed by atoms with Crippen molar-refractivity contribution in [2.75, 3.05) is 0 Å². The van der Waals surface area contributed by atoms with E-state index in [4.69, 9.17) is 22.4 Å². The summed E-state index contributed by atoms with van der Waals surface area (Å²) in [5, 5.41) is 9.14. The Kier molecular flexibility index (Phi) is 3.44. The van der Waals surface area contributed by atoms with Gasteiger partial charge in [0.1, 0.15) is 10.6 Å². The maximum atomic E-state index is 11.1. The van der Waals surface area contributed by atoms with Crippen LogP contribution in [-0.4, -0.2) is 27.0 Å². The minimum absolute atomic E-state index is 0.123. The van der Waals surface area contributed by atoms with Gasteiger partial charge in [0.25, 0.3) is 0 Å². The van der Waals surface area contributed by atoms with Gasteiger partial charge in [-0.05, 0) is 6.92 Å². The number of carbonyl (C=O) groups is 2. The number of nitrogens with zero attached hydrogens (tertiary/aromatic N) is 2. The van der Waals surface area contributed by atoms with Gasteiger partial charge in [0.2, 0.25) is 5.91 Å². The molecule has 0 bridgehead atoms. The molecule has 0 spiro atoms. The molecule has 0 radical (unpaired) electrons. The van der Waals surface area contributed by atoms with Gasteiger partial charge >= 0.3 is 5.97 Å². The highest BCUT2D eigenvalue weighted by molar-refractivity contribution is 6.29. The summed E-state index contributed by atoms with van der Waals surface area (Å²) < 4.78 is 0. The van der Waals surface area contributed by atoms with Crippen molar-refractivity contribution in [2.24, 2.45) is 11.1 Å². The van der Waals surface area contributed by atoms with Crippen LogP contribution in [0.15, 0.2) is 12.4 Å². The van der Waals surface area contributed by atoms with E-state index < -0.39 is 17.3 Å². The predicted molar refractivity (Wildman–Crippen MR) is 55.7 cm³/mol. The van der Waals surface area contributed by atoms with Gasteiger partial charge in [-0.25, -0.2) is 4.98 Å². The van der Waals surface area contributed by atoms with E-state index in [1.54, 1.807) is 0 Å². The first kappa shape index (κ1) is 12.4. The number of amides is 1. The van der Waals surface area contributed by atoms with Crippen molar-refractivity contribution in [1.29, 1.82) is 0 Å². The molecule has 1 aromatic heterocycles. The van der Waals surface area contributed by atoms with Crippen LogP contribution in [0.2, 0.25) is 5.15 Å². The molecule has 7 heteroatoms. The van der Waals surface area contributed by atoms with Gasteiger partial charge in [-0.3, -0.25) is 14.6 Å². The summed E-state index contributed by atoms with van der Waals surface area (Å²) in [5.41, 5.74) is 3.70. The monoisotopic (exact) mass is 243 g/mol. The molecule has 1 amide bonds. The third-order valence-electron chi connectivity index (χ3n) is 2.22. The highest BCUT2D eigenvalue weighted by Gasteiger charge is 2.40. The molecule has 3 N–H and O–H groups in total. The van der Waals surface area contributed by atoms with Gasteiger partial charge in [0, 0.05) is 6.42 Å². The summed E-state index contributed by atoms with van der Waals surface area (Å²) in [6.45, 7) is 1.24. The van der Waals surface area contributed by atoms with Crippen LogP contribution in [0, 0.1) is 5.41 Å². The lowest BCUT2D eigenvalue weighted by Gasteiger charge is -2.19. The molecule has 0 aliphatic heterocycles. The van der Waals surface area contributed by atoms with Crippen molar-refractivity contribution < 1.29 is 14.7 Å². The molecule has 1 atom stereocenters. The van der Waals surface area contributed by atoms with Gasteiger partial charge in [0.15, 0.2) is 0 Å². The number of carbonyl (C=O) groups excluding carboxylic acids is 1. The number of carboxylic acid groups (broad SMARTS) is 1. The molecule has 1 rings (SSSR count). The molecule has 1 unspecified atom stereocenters. The second-order valence-corrected chi connectivity index (χ2v) is 3.90. The van der Waals surface area contributed by atoms with Crippen LogP contribution < -0.4 is 5.73 Å². The summed E-state index contributed by atoms with van der Waals surface area (Å²) in [6, 6.07) is 0. The standard InChI is InChI=1S/C9H10ClN3O3/c1-9(7(11)14,8(15)16)2-5-3-13-6(10)4-12-5/h3-4H,2H2,1H3,(H2,11,14)(H,15,16). The number of carboxylic acids is 1. The smallest absolute Gasteiger partial charge is 0.319 e. The highest BCUT2D eigenvalue weighted by Crippen LogP contribution is 2.21. The number of hydrogen-bond donors (Lipinski definition) is 2. The molecule has 16 heavy (non-hydrogen) atoms. The zero-order valence-corrected chi connectivity index (χ0v) is 9.23. The molecule has 1 aromatic rings. The molecular weight excluding hydrogens is 234 g/mol. The fourth-order valence-corrected chi connectivity index (χ4v) is 1.16. The summed E-state index contributed by atoms with van der Waals surface area (Å²) in [6.07, 6.45) is 2.47. The van der Waals surface area contributed by atoms with Crippen LogP contribution in [0.25, 0.3) is 0 Å². The Bertz CT molecular complexity index is 405. The number of rotatable bonds is 4. The summed E-state index contributed by atoms with van der Waals surface area (Å²) >= 11 is 5.53. The minimum atomic E-state index is -1.69. The van der Waals surface area contributed by atoms with E-state index in [1.807, 2.05) is 0 Å². The van der Waals surface area contributed by atoms with Gasteiger partial charge in [-0.1, -0.05) is 11.6 Å². The quantitative estimate of drug-likeness (QED) is 0.737. The number of nitrogens with two attached hydrogens (primary N) is 1. The van der Waals surface area contributed by atoms with Crippen molar-refractivity contribution >= 4 is 23.5 Å². The largest absolute Gasteiger partial charge is 0.480 e. The number of aliphatic carboxylic acids is 1. The third kappa shape index (κ3) is 2.46. The first-order chi connectivity index (χ1) is 7.36. The van der Waals surface area contributed by atoms with Crippen molar-refractivity contribution in [1.82, 2.24) is 9.97 Å². The molecular formula is C9H10ClN3O3. The summed E-state index contributed by atoms with van der Waals surface area (Å²) in [7, 11) is 0. The Morgan fingerprint density at radius 2 is 2.12 bits per heavy atom. The van der Waals surface area contributed by atoms with Crippen LogP contribution in [0.1, 0.15) is 12.6 Å². The number of hydrogen-bond acceptors (Lipinski definition) is 4. The zero-order valence-electron chi connectivity index (χ0n) is 8.48. The molecule has 1 heterocycles. The molecule has 0 fully saturated rings. The first-order valence-electron chi connectivity index (χ1n) is 4.36. The van der Waals surface area contributed by atoms with E-state index in [1.165, 1.54) is 19.3 Å². The maximum Gasteiger partial charge on any atom is 0.319 e. The Morgan fingerprint density at radius 3 is 2.50 bits per heavy atom. The topological polar surface area (TPSA) is 106 Å². The number of halogens is 1. The Hall–Kier alpha value is -1.69. The third-order valence-corrected chi connectivity index (χ3v) is 2.42. The van der Waals surface area contributed by atoms with E-state index >= 15 is 0 Å². The second-order valence-electron chi connectivity index (χ2n) is 3.51. The van der Waals surface area contributed by atoms with E-state index in [9.17, 15) is 9.59 Å². The molecule has 6 nitrogen and oxygen atoms in total. The van der Waals surface area contributed by atoms with Crippen LogP contribution in [0.4, 0.5) is 0 Å². The number of aromatic nitrogens is 2. The first-order valence-corrected chi connectivity index (χ1v) is 4.74. The number of primary amides is 1. The zero-order chi connectivity index (χ0) is 12.3. The lowest BCUT2D eigenvalue weighted by atomic mass is 9.85. The van der Waals surface area contributed by atoms with E-state index in [2.05, 4.69) is 9.97 Å². The fraction of sp³-hybridized carbons (Fsp3) is 0.333. The van der Waals surface area contributed by atoms with Crippen LogP contribution >= 0.6 is 11.6 Å². The van der Waals surface area contributed by atoms with Gasteiger partial charge < -0.3 is 10.8 Å². The predicted octanol–water partition coefficient (Wildman–Crippen LogP) is 0.249. The lowest BCUT2D eigenvalue weighted by Crippen LogP contribution is -2.43. The molecule has 0 saturated carbocycles. The molecule has 0 aliphatic rings. The Labute approximate surface area is 96.5 Å². The van der Waals surface area contributed by atoms with Crippen LogP contribution in [0.5, 0.6) is 0 Å². The Balaban J connectivity index is 2.97. The lowest BCUT2D eigenvalue weighted by molar-refractivity contribution is -0.153. The fourth-order valence-electron chi connectivity index (χ4n) is 1.06. The molecule has 86 valence electrons. The normalized spacial score (nSPS) is 14.1. The Morgan fingerprint density at radius 1 is 1.50 bits per heavy atom. The van der Waals surface area contributed by atoms with E-state index in [-0.39, 0.29) is 11.6 Å². The van der Waals surface area contributed by atoms with Crippen LogP contribution in [-0.2, 0) is 16.0 Å². The van der Waals surface area contributed by atoms with Crippen molar-refractivity contribution in [3.8, 4) is 0 Å². The minimum Gasteiger partial charge on any atom is -0.480 e. The summed E-state index contributed by atoms with van der Waals surface area (Å²) in [4.78, 5) is 29.7. The van der Waals surface area contributed by atoms with E-state index in [0.717, 1.165) is 0 Å². The van der Waals surface area contributed by atoms with Crippen molar-refractivity contribution in [2.45, 2.75) is 13.3 Å². The average molecular weight is 244 g/mol.